The summed E-state index contributed by atoms with van der Waals surface area (Å²) in [6.45, 7) is 3.72. The predicted octanol–water partition coefficient (Wildman–Crippen LogP) is -0.425. The van der Waals surface area contributed by atoms with Gasteiger partial charge < -0.3 is 20.3 Å². The zero-order valence-electron chi connectivity index (χ0n) is 10.8. The third-order valence-corrected chi connectivity index (χ3v) is 3.94. The first-order valence-corrected chi connectivity index (χ1v) is 6.42. The number of nitrogens with one attached hydrogen (secondary N) is 2. The van der Waals surface area contributed by atoms with E-state index in [4.69, 9.17) is 4.74 Å². The molecule has 5 nitrogen and oxygen atoms in total. The molecule has 0 aromatic rings. The van der Waals surface area contributed by atoms with Crippen LogP contribution in [0.5, 0.6) is 0 Å². The van der Waals surface area contributed by atoms with Gasteiger partial charge in [0.2, 0.25) is 0 Å². The van der Waals surface area contributed by atoms with E-state index >= 15 is 0 Å². The maximum Gasteiger partial charge on any atom is 0.252 e. The Hall–Kier alpha value is -0.650. The lowest BCUT2D eigenvalue weighted by Gasteiger charge is -2.35. The third-order valence-electron chi connectivity index (χ3n) is 3.94. The molecule has 1 atom stereocenters. The molecule has 17 heavy (non-hydrogen) atoms. The van der Waals surface area contributed by atoms with Gasteiger partial charge in [-0.2, -0.15) is 0 Å². The van der Waals surface area contributed by atoms with Crippen molar-refractivity contribution < 1.29 is 9.53 Å². The van der Waals surface area contributed by atoms with Crippen molar-refractivity contribution >= 4 is 5.91 Å². The Bertz CT molecular complexity index is 277. The van der Waals surface area contributed by atoms with Crippen LogP contribution in [0, 0.1) is 0 Å². The minimum absolute atomic E-state index is 0.0711. The first-order valence-electron chi connectivity index (χ1n) is 6.42. The molecule has 98 valence electrons. The molecule has 2 aliphatic heterocycles. The van der Waals surface area contributed by atoms with E-state index in [1.54, 1.807) is 7.11 Å². The van der Waals surface area contributed by atoms with Gasteiger partial charge in [0.15, 0.2) is 0 Å². The molecule has 1 unspecified atom stereocenters. The zero-order valence-corrected chi connectivity index (χ0v) is 10.8. The summed E-state index contributed by atoms with van der Waals surface area (Å²) in [5.41, 5.74) is -0.605. The molecule has 0 aromatic heterocycles. The summed E-state index contributed by atoms with van der Waals surface area (Å²) < 4.78 is 5.51. The van der Waals surface area contributed by atoms with Crippen LogP contribution in [0.25, 0.3) is 0 Å². The fourth-order valence-electron chi connectivity index (χ4n) is 2.72. The normalized spacial score (nSPS) is 29.2. The van der Waals surface area contributed by atoms with Crippen molar-refractivity contribution in [2.24, 2.45) is 0 Å². The first-order chi connectivity index (χ1) is 8.16. The average Bonchev–Trinajstić information content (AvgIpc) is 2.75. The number of likely N-dealkylation sites (tertiary alicyclic amines) is 1. The molecule has 0 aromatic carbocycles. The monoisotopic (exact) mass is 241 g/mol. The number of hydrogen-bond acceptors (Lipinski definition) is 4. The Morgan fingerprint density at radius 3 is 2.71 bits per heavy atom. The molecular weight excluding hydrogens is 218 g/mol. The van der Waals surface area contributed by atoms with Crippen LogP contribution in [0.2, 0.25) is 0 Å². The van der Waals surface area contributed by atoms with Crippen molar-refractivity contribution in [3.63, 3.8) is 0 Å². The topological polar surface area (TPSA) is 53.6 Å². The summed E-state index contributed by atoms with van der Waals surface area (Å²) >= 11 is 0. The molecular formula is C12H23N3O2. The van der Waals surface area contributed by atoms with Crippen LogP contribution in [0.15, 0.2) is 0 Å². The van der Waals surface area contributed by atoms with Gasteiger partial charge in [-0.1, -0.05) is 0 Å². The fourth-order valence-corrected chi connectivity index (χ4v) is 2.72. The van der Waals surface area contributed by atoms with Gasteiger partial charge in [0.1, 0.15) is 5.60 Å². The Balaban J connectivity index is 1.92. The van der Waals surface area contributed by atoms with Crippen LogP contribution in [0.1, 0.15) is 19.3 Å². The van der Waals surface area contributed by atoms with E-state index in [0.29, 0.717) is 0 Å². The van der Waals surface area contributed by atoms with Crippen molar-refractivity contribution in [2.45, 2.75) is 30.9 Å². The molecule has 2 N–H and O–H groups in total. The highest BCUT2D eigenvalue weighted by Crippen LogP contribution is 2.23. The van der Waals surface area contributed by atoms with E-state index in [1.807, 2.05) is 0 Å². The highest BCUT2D eigenvalue weighted by Gasteiger charge is 2.40. The smallest absolute Gasteiger partial charge is 0.252 e. The molecule has 5 heteroatoms. The summed E-state index contributed by atoms with van der Waals surface area (Å²) in [5.74, 6) is 0.0711. The molecule has 2 heterocycles. The van der Waals surface area contributed by atoms with E-state index in [2.05, 4.69) is 22.6 Å². The van der Waals surface area contributed by atoms with E-state index in [-0.39, 0.29) is 11.9 Å². The maximum absolute atomic E-state index is 12.3. The van der Waals surface area contributed by atoms with Gasteiger partial charge in [-0.25, -0.2) is 0 Å². The van der Waals surface area contributed by atoms with Crippen LogP contribution in [-0.4, -0.2) is 62.8 Å². The van der Waals surface area contributed by atoms with Gasteiger partial charge in [0.25, 0.3) is 5.91 Å². The van der Waals surface area contributed by atoms with Crippen molar-refractivity contribution in [1.29, 1.82) is 0 Å². The van der Waals surface area contributed by atoms with Gasteiger partial charge >= 0.3 is 0 Å². The van der Waals surface area contributed by atoms with Crippen LogP contribution >= 0.6 is 0 Å². The van der Waals surface area contributed by atoms with Crippen LogP contribution in [0.4, 0.5) is 0 Å². The number of piperidine rings is 1. The summed E-state index contributed by atoms with van der Waals surface area (Å²) in [4.78, 5) is 14.6. The van der Waals surface area contributed by atoms with Crippen molar-refractivity contribution in [3.8, 4) is 0 Å². The molecule has 2 aliphatic rings. The largest absolute Gasteiger partial charge is 0.368 e. The summed E-state index contributed by atoms with van der Waals surface area (Å²) in [5, 5.41) is 6.40. The molecule has 0 radical (unpaired) electrons. The molecule has 2 fully saturated rings. The minimum atomic E-state index is -0.605. The second kappa shape index (κ2) is 5.33. The van der Waals surface area contributed by atoms with Gasteiger partial charge in [0.05, 0.1) is 0 Å². The van der Waals surface area contributed by atoms with Crippen molar-refractivity contribution in [1.82, 2.24) is 15.5 Å². The van der Waals surface area contributed by atoms with E-state index in [0.717, 1.165) is 45.4 Å². The second-order valence-corrected chi connectivity index (χ2v) is 5.17. The number of hydrogen-bond donors (Lipinski definition) is 2. The Morgan fingerprint density at radius 1 is 1.47 bits per heavy atom. The van der Waals surface area contributed by atoms with Crippen molar-refractivity contribution in [3.05, 3.63) is 0 Å². The van der Waals surface area contributed by atoms with Gasteiger partial charge in [-0.3, -0.25) is 4.79 Å². The highest BCUT2D eigenvalue weighted by molar-refractivity contribution is 5.85. The summed E-state index contributed by atoms with van der Waals surface area (Å²) in [6, 6.07) is 0.286. The third kappa shape index (κ3) is 2.78. The molecule has 0 bridgehead atoms. The van der Waals surface area contributed by atoms with Gasteiger partial charge in [0, 0.05) is 19.7 Å². The van der Waals surface area contributed by atoms with E-state index < -0.39 is 5.60 Å². The minimum Gasteiger partial charge on any atom is -0.368 e. The standard InChI is InChI=1S/C12H23N3O2/c1-15-8-3-10(9-15)14-11(16)12(17-2)4-6-13-7-5-12/h10,13H,3-9H2,1-2H3,(H,14,16). The van der Waals surface area contributed by atoms with Crippen LogP contribution in [-0.2, 0) is 9.53 Å². The van der Waals surface area contributed by atoms with Gasteiger partial charge in [-0.05, 0) is 45.9 Å². The average molecular weight is 241 g/mol. The van der Waals surface area contributed by atoms with Crippen LogP contribution in [0.3, 0.4) is 0 Å². The Labute approximate surface area is 103 Å². The van der Waals surface area contributed by atoms with Gasteiger partial charge in [-0.15, -0.1) is 0 Å². The lowest BCUT2D eigenvalue weighted by atomic mass is 9.90. The molecule has 0 saturated carbocycles. The highest BCUT2D eigenvalue weighted by atomic mass is 16.5. The number of methoxy groups -OCH3 is 1. The maximum atomic E-state index is 12.3. The molecule has 0 spiro atoms. The fraction of sp³-hybridized carbons (Fsp3) is 0.917. The summed E-state index contributed by atoms with van der Waals surface area (Å²) in [7, 11) is 3.73. The number of nitrogens with zero attached hydrogens (tertiary/aromatic N) is 1. The zero-order chi connectivity index (χ0) is 12.3. The lowest BCUT2D eigenvalue weighted by Crippen LogP contribution is -2.56. The molecule has 2 rings (SSSR count). The number of ether oxygens (including phenoxy) is 1. The molecule has 1 amide bonds. The number of carbonyl (C=O) groups is 1. The lowest BCUT2D eigenvalue weighted by molar-refractivity contribution is -0.147. The van der Waals surface area contributed by atoms with Crippen LogP contribution < -0.4 is 10.6 Å². The number of likely N-dealkylation sites (N-methyl/N-ethyl adjacent to an activating group) is 1. The quantitative estimate of drug-likeness (QED) is 0.704. The Morgan fingerprint density at radius 2 is 2.18 bits per heavy atom. The predicted molar refractivity (Wildman–Crippen MR) is 65.9 cm³/mol. The SMILES string of the molecule is COC1(C(=O)NC2CCN(C)C2)CCNCC1. The molecule has 0 aliphatic carbocycles. The molecule has 2 saturated heterocycles. The summed E-state index contributed by atoms with van der Waals surface area (Å²) in [6.07, 6.45) is 2.57. The number of carbonyl (C=O) groups excluding carboxylic acids is 1. The first kappa shape index (κ1) is 12.8. The number of amides is 1. The second-order valence-electron chi connectivity index (χ2n) is 5.17. The number of rotatable bonds is 3. The Kier molecular flexibility index (Phi) is 4.01. The van der Waals surface area contributed by atoms with E-state index in [1.165, 1.54) is 0 Å². The van der Waals surface area contributed by atoms with E-state index in [9.17, 15) is 4.79 Å². The van der Waals surface area contributed by atoms with Crippen molar-refractivity contribution in [2.75, 3.05) is 40.3 Å².